The molecule has 1 amide bonds. The van der Waals surface area contributed by atoms with Gasteiger partial charge < -0.3 is 11.5 Å². The first kappa shape index (κ1) is 23.1. The molecule has 3 aromatic rings. The van der Waals surface area contributed by atoms with Crippen molar-refractivity contribution in [3.05, 3.63) is 93.5 Å². The number of rotatable bonds is 3. The van der Waals surface area contributed by atoms with E-state index in [1.807, 2.05) is 6.07 Å². The Balaban J connectivity index is 2.17. The zero-order chi connectivity index (χ0) is 24.0. The molecule has 1 aliphatic heterocycles. The van der Waals surface area contributed by atoms with E-state index in [-0.39, 0.29) is 52.4 Å². The maximum atomic E-state index is 14.3. The lowest BCUT2D eigenvalue weighted by Crippen LogP contribution is -2.41. The minimum Gasteiger partial charge on any atom is -0.384 e. The summed E-state index contributed by atoms with van der Waals surface area (Å²) >= 11 is 19.7. The number of primary amides is 1. The van der Waals surface area contributed by atoms with Crippen LogP contribution in [0.25, 0.3) is 17.5 Å². The number of carbonyl (C=O) groups excluding carboxylic acids is 1. The Morgan fingerprint density at radius 3 is 2.33 bits per heavy atom. The molecular formula is C22H12Cl3FN4O2S. The van der Waals surface area contributed by atoms with Crippen molar-refractivity contribution in [3.63, 3.8) is 0 Å². The number of amides is 1. The monoisotopic (exact) mass is 520 g/mol. The van der Waals surface area contributed by atoms with Gasteiger partial charge >= 0.3 is 0 Å². The lowest BCUT2D eigenvalue weighted by molar-refractivity contribution is -0.113. The molecule has 166 valence electrons. The minimum absolute atomic E-state index is 0.00940. The predicted octanol–water partition coefficient (Wildman–Crippen LogP) is 2.92. The van der Waals surface area contributed by atoms with Crippen molar-refractivity contribution in [3.8, 4) is 6.07 Å². The van der Waals surface area contributed by atoms with E-state index in [9.17, 15) is 19.2 Å². The van der Waals surface area contributed by atoms with Gasteiger partial charge in [0.1, 0.15) is 16.3 Å². The topological polar surface area (TPSA) is 115 Å². The van der Waals surface area contributed by atoms with Crippen LogP contribution in [-0.2, 0) is 4.79 Å². The normalized spacial score (nSPS) is 16.0. The van der Waals surface area contributed by atoms with E-state index >= 15 is 0 Å². The molecule has 0 radical (unpaired) electrons. The molecule has 0 spiro atoms. The summed E-state index contributed by atoms with van der Waals surface area (Å²) in [6.07, 6.45) is 1.26. The van der Waals surface area contributed by atoms with Crippen molar-refractivity contribution in [1.29, 1.82) is 5.26 Å². The average molecular weight is 522 g/mol. The first-order valence-corrected chi connectivity index (χ1v) is 11.2. The molecule has 0 fully saturated rings. The van der Waals surface area contributed by atoms with E-state index in [0.717, 1.165) is 15.9 Å². The van der Waals surface area contributed by atoms with Crippen LogP contribution in [0.3, 0.4) is 0 Å². The molecule has 1 atom stereocenters. The van der Waals surface area contributed by atoms with Crippen molar-refractivity contribution in [1.82, 2.24) is 4.57 Å². The fourth-order valence-corrected chi connectivity index (χ4v) is 5.64. The van der Waals surface area contributed by atoms with Gasteiger partial charge in [-0.1, -0.05) is 46.9 Å². The maximum Gasteiger partial charge on any atom is 0.274 e. The van der Waals surface area contributed by atoms with Gasteiger partial charge in [-0.15, -0.1) is 11.3 Å². The average Bonchev–Trinajstić information content (AvgIpc) is 3.06. The van der Waals surface area contributed by atoms with Crippen LogP contribution in [0.1, 0.15) is 17.0 Å². The summed E-state index contributed by atoms with van der Waals surface area (Å²) in [5.41, 5.74) is 11.3. The van der Waals surface area contributed by atoms with Crippen molar-refractivity contribution in [2.45, 2.75) is 5.92 Å². The third-order valence-corrected chi connectivity index (χ3v) is 7.19. The van der Waals surface area contributed by atoms with Crippen LogP contribution in [0.2, 0.25) is 15.1 Å². The Morgan fingerprint density at radius 2 is 1.76 bits per heavy atom. The summed E-state index contributed by atoms with van der Waals surface area (Å²) < 4.78 is 15.4. The number of hydrogen-bond acceptors (Lipinski definition) is 5. The highest BCUT2D eigenvalue weighted by Crippen LogP contribution is 2.42. The highest BCUT2D eigenvalue weighted by atomic mass is 35.5. The summed E-state index contributed by atoms with van der Waals surface area (Å²) in [6, 6.07) is 10.7. The van der Waals surface area contributed by atoms with Crippen molar-refractivity contribution >= 4 is 69.5 Å². The van der Waals surface area contributed by atoms with E-state index in [2.05, 4.69) is 0 Å². The Morgan fingerprint density at radius 1 is 1.15 bits per heavy atom. The summed E-state index contributed by atoms with van der Waals surface area (Å²) in [4.78, 5) is 25.8. The second kappa shape index (κ2) is 8.69. The van der Waals surface area contributed by atoms with Crippen molar-refractivity contribution in [2.75, 3.05) is 0 Å². The molecule has 0 saturated heterocycles. The molecule has 0 bridgehead atoms. The van der Waals surface area contributed by atoms with Gasteiger partial charge in [0.25, 0.3) is 5.56 Å². The van der Waals surface area contributed by atoms with Crippen LogP contribution in [0, 0.1) is 17.1 Å². The third kappa shape index (κ3) is 3.73. The van der Waals surface area contributed by atoms with Gasteiger partial charge in [-0.3, -0.25) is 14.2 Å². The number of aromatic nitrogens is 1. The molecule has 0 saturated carbocycles. The number of hydrogen-bond donors (Lipinski definition) is 2. The summed E-state index contributed by atoms with van der Waals surface area (Å²) in [5.74, 6) is -2.85. The number of nitriles is 1. The summed E-state index contributed by atoms with van der Waals surface area (Å²) in [7, 11) is 0. The number of thiazole rings is 1. The first-order valence-electron chi connectivity index (χ1n) is 9.23. The molecule has 0 unspecified atom stereocenters. The number of fused-ring (bicyclic) bond motifs is 1. The molecular weight excluding hydrogens is 510 g/mol. The molecule has 1 aliphatic rings. The van der Waals surface area contributed by atoms with E-state index in [0.29, 0.717) is 0 Å². The van der Waals surface area contributed by atoms with E-state index in [1.165, 1.54) is 24.3 Å². The summed E-state index contributed by atoms with van der Waals surface area (Å²) in [6.45, 7) is 0. The second-order valence-electron chi connectivity index (χ2n) is 6.95. The van der Waals surface area contributed by atoms with E-state index in [1.54, 1.807) is 18.2 Å². The number of allylic oxidation sites excluding steroid dienone is 1. The molecule has 2 heterocycles. The van der Waals surface area contributed by atoms with Gasteiger partial charge in [0, 0.05) is 21.2 Å². The molecule has 4 rings (SSSR count). The fourth-order valence-electron chi connectivity index (χ4n) is 3.64. The van der Waals surface area contributed by atoms with Gasteiger partial charge in [0.15, 0.2) is 0 Å². The van der Waals surface area contributed by atoms with Gasteiger partial charge in [0.05, 0.1) is 32.7 Å². The standard InChI is InChI=1S/C22H12Cl3FN4O2S/c23-11-3-2-6-14(26)9(11)7-15-21(32)30-19(28)10(8-27)16(18(20(29)31)22(30)33-15)17-12(24)4-1-5-13(17)25/h1-7,16H,28H2,(H2,29,31)/b15-7-/t16-/m1/s1. The Kier molecular flexibility index (Phi) is 6.08. The number of carbonyl (C=O) groups is 1. The van der Waals surface area contributed by atoms with Crippen LogP contribution in [0.4, 0.5) is 4.39 Å². The highest BCUT2D eigenvalue weighted by Gasteiger charge is 2.36. The molecule has 6 nitrogen and oxygen atoms in total. The Bertz CT molecular complexity index is 1560. The van der Waals surface area contributed by atoms with Crippen LogP contribution in [-0.4, -0.2) is 10.5 Å². The lowest BCUT2D eigenvalue weighted by atomic mass is 9.83. The Hall–Kier alpha value is -3.09. The zero-order valence-electron chi connectivity index (χ0n) is 16.4. The van der Waals surface area contributed by atoms with Crippen LogP contribution in [0.15, 0.2) is 46.8 Å². The van der Waals surface area contributed by atoms with Gasteiger partial charge in [0.2, 0.25) is 5.91 Å². The van der Waals surface area contributed by atoms with Crippen LogP contribution in [0.5, 0.6) is 0 Å². The number of nitrogens with zero attached hydrogens (tertiary/aromatic N) is 2. The SMILES string of the molecule is N#CC1=C(N)n2c(s/c(=C\c3c(F)cccc3Cl)c2=O)=C(C(N)=O)[C@H]1c1c(Cl)cccc1Cl. The maximum absolute atomic E-state index is 14.3. The largest absolute Gasteiger partial charge is 0.384 e. The van der Waals surface area contributed by atoms with Crippen molar-refractivity contribution in [2.24, 2.45) is 11.5 Å². The number of nitrogens with two attached hydrogens (primary N) is 2. The van der Waals surface area contributed by atoms with Gasteiger partial charge in [-0.2, -0.15) is 5.26 Å². The highest BCUT2D eigenvalue weighted by molar-refractivity contribution is 7.07. The molecule has 4 N–H and O–H groups in total. The lowest BCUT2D eigenvalue weighted by Gasteiger charge is -2.25. The van der Waals surface area contributed by atoms with Gasteiger partial charge in [-0.25, -0.2) is 4.39 Å². The molecule has 1 aromatic heterocycles. The molecule has 33 heavy (non-hydrogen) atoms. The number of halogens is 4. The number of benzene rings is 2. The molecule has 0 aliphatic carbocycles. The fraction of sp³-hybridized carbons (Fsp3) is 0.0455. The second-order valence-corrected chi connectivity index (χ2v) is 9.20. The minimum atomic E-state index is -1.10. The zero-order valence-corrected chi connectivity index (χ0v) is 19.5. The van der Waals surface area contributed by atoms with E-state index in [4.69, 9.17) is 46.3 Å². The van der Waals surface area contributed by atoms with Crippen LogP contribution >= 0.6 is 46.1 Å². The molecule has 2 aromatic carbocycles. The van der Waals surface area contributed by atoms with Crippen molar-refractivity contribution < 1.29 is 9.18 Å². The van der Waals surface area contributed by atoms with Gasteiger partial charge in [-0.05, 0) is 30.3 Å². The first-order chi connectivity index (χ1) is 15.7. The Labute approximate surface area is 205 Å². The smallest absolute Gasteiger partial charge is 0.274 e. The van der Waals surface area contributed by atoms with Crippen LogP contribution < -0.4 is 26.2 Å². The molecule has 11 heteroatoms. The quantitative estimate of drug-likeness (QED) is 0.551. The third-order valence-electron chi connectivity index (χ3n) is 5.10. The summed E-state index contributed by atoms with van der Waals surface area (Å²) in [5, 5.41) is 10.3. The predicted molar refractivity (Wildman–Crippen MR) is 128 cm³/mol. The van der Waals surface area contributed by atoms with E-state index < -0.39 is 23.2 Å².